The maximum atomic E-state index is 12.0. The Morgan fingerprint density at radius 2 is 1.41 bits per heavy atom. The lowest BCUT2D eigenvalue weighted by molar-refractivity contribution is 0.0192. The van der Waals surface area contributed by atoms with Crippen molar-refractivity contribution >= 4 is 11.0 Å². The lowest BCUT2D eigenvalue weighted by atomic mass is 9.85. The fraction of sp³-hybridized carbons (Fsp3) is 0.361. The molecule has 3 aromatic carbocycles. The molecular weight excluding hydrogens is 592 g/mol. The molecule has 4 unspecified atom stereocenters. The first-order valence-corrected chi connectivity index (χ1v) is 15.3. The van der Waals surface area contributed by atoms with E-state index >= 15 is 0 Å². The van der Waals surface area contributed by atoms with E-state index in [0.29, 0.717) is 48.6 Å². The Morgan fingerprint density at radius 1 is 0.848 bits per heavy atom. The highest BCUT2D eigenvalue weighted by molar-refractivity contribution is 5.88. The second-order valence-electron chi connectivity index (χ2n) is 12.0. The van der Waals surface area contributed by atoms with Gasteiger partial charge in [0.25, 0.3) is 0 Å². The molecule has 1 aromatic heterocycles. The highest BCUT2D eigenvalue weighted by Crippen LogP contribution is 2.52. The molecular formula is C36H36O10. The van der Waals surface area contributed by atoms with Crippen LogP contribution in [0.3, 0.4) is 0 Å². The van der Waals surface area contributed by atoms with Gasteiger partial charge in [-0.1, -0.05) is 23.8 Å². The Hall–Kier alpha value is -4.67. The van der Waals surface area contributed by atoms with Gasteiger partial charge in [0.05, 0.1) is 32.5 Å². The Morgan fingerprint density at radius 3 is 1.96 bits per heavy atom. The van der Waals surface area contributed by atoms with E-state index in [1.807, 2.05) is 44.2 Å². The second-order valence-corrected chi connectivity index (χ2v) is 12.0. The summed E-state index contributed by atoms with van der Waals surface area (Å²) in [6.07, 6.45) is 2.65. The van der Waals surface area contributed by atoms with Crippen molar-refractivity contribution in [2.24, 2.45) is 11.8 Å². The van der Waals surface area contributed by atoms with E-state index in [1.54, 1.807) is 6.92 Å². The first-order valence-electron chi connectivity index (χ1n) is 15.3. The van der Waals surface area contributed by atoms with Crippen LogP contribution in [0.2, 0.25) is 0 Å². The number of phenols is 1. The summed E-state index contributed by atoms with van der Waals surface area (Å²) in [6, 6.07) is 14.9. The van der Waals surface area contributed by atoms with Crippen LogP contribution in [0.4, 0.5) is 0 Å². The Bertz CT molecular complexity index is 1800. The first kappa shape index (κ1) is 30.0. The average molecular weight is 629 g/mol. The van der Waals surface area contributed by atoms with Crippen LogP contribution in [0.1, 0.15) is 48.5 Å². The van der Waals surface area contributed by atoms with Crippen molar-refractivity contribution < 1.29 is 42.7 Å². The minimum absolute atomic E-state index is 0.0218. The number of methoxy groups -OCH3 is 1. The van der Waals surface area contributed by atoms with Gasteiger partial charge in [-0.15, -0.1) is 0 Å². The van der Waals surface area contributed by atoms with Crippen molar-refractivity contribution in [2.75, 3.05) is 33.9 Å². The molecule has 0 saturated carbocycles. The van der Waals surface area contributed by atoms with Crippen molar-refractivity contribution in [1.29, 1.82) is 0 Å². The smallest absolute Gasteiger partial charge is 0.231 e. The number of allylic oxidation sites excluding steroid dienone is 2. The molecule has 5 heterocycles. The fourth-order valence-corrected chi connectivity index (χ4v) is 6.56. The summed E-state index contributed by atoms with van der Waals surface area (Å²) in [7, 11) is 1.53. The molecule has 0 aliphatic carbocycles. The molecule has 4 aromatic rings. The number of hydrogen-bond donors (Lipinski definition) is 1. The van der Waals surface area contributed by atoms with E-state index in [9.17, 15) is 9.90 Å². The number of benzene rings is 3. The molecule has 10 heteroatoms. The summed E-state index contributed by atoms with van der Waals surface area (Å²) in [6.45, 7) is 7.64. The normalized spacial score (nSPS) is 21.9. The van der Waals surface area contributed by atoms with Crippen molar-refractivity contribution in [3.8, 4) is 34.5 Å². The van der Waals surface area contributed by atoms with Crippen molar-refractivity contribution in [1.82, 2.24) is 0 Å². The third kappa shape index (κ3) is 5.52. The van der Waals surface area contributed by atoms with Gasteiger partial charge in [-0.2, -0.15) is 0 Å². The molecule has 1 N–H and O–H groups in total. The summed E-state index contributed by atoms with van der Waals surface area (Å²) in [4.78, 5) is 12.0. The third-order valence-electron chi connectivity index (χ3n) is 8.82. The van der Waals surface area contributed by atoms with E-state index in [4.69, 9.17) is 37.6 Å². The molecule has 46 heavy (non-hydrogen) atoms. The maximum absolute atomic E-state index is 12.0. The van der Waals surface area contributed by atoms with E-state index < -0.39 is 0 Å². The highest BCUT2D eigenvalue weighted by atomic mass is 16.7. The zero-order valence-corrected chi connectivity index (χ0v) is 26.2. The van der Waals surface area contributed by atoms with Gasteiger partial charge in [0.15, 0.2) is 28.4 Å². The van der Waals surface area contributed by atoms with Crippen molar-refractivity contribution in [3.05, 3.63) is 92.9 Å². The topological polar surface area (TPSA) is 115 Å². The fourth-order valence-electron chi connectivity index (χ4n) is 6.56. The third-order valence-corrected chi connectivity index (χ3v) is 8.82. The van der Waals surface area contributed by atoms with Crippen molar-refractivity contribution in [2.45, 2.75) is 39.4 Å². The first-order chi connectivity index (χ1) is 22.3. The number of phenolic OH excluding ortho intramolecular Hbond substituents is 1. The summed E-state index contributed by atoms with van der Waals surface area (Å²) in [5, 5.41) is 10.2. The van der Waals surface area contributed by atoms with Crippen LogP contribution in [-0.2, 0) is 15.9 Å². The molecule has 240 valence electrons. The van der Waals surface area contributed by atoms with Gasteiger partial charge in [0.2, 0.25) is 13.6 Å². The minimum Gasteiger partial charge on any atom is -0.507 e. The molecule has 4 atom stereocenters. The zero-order chi connectivity index (χ0) is 31.9. The lowest BCUT2D eigenvalue weighted by Crippen LogP contribution is -2.14. The number of fused-ring (bicyclic) bond motifs is 4. The summed E-state index contributed by atoms with van der Waals surface area (Å²) in [5.41, 5.74) is 4.31. The molecule has 2 saturated heterocycles. The minimum atomic E-state index is -0.248. The summed E-state index contributed by atoms with van der Waals surface area (Å²) >= 11 is 0. The molecule has 4 aliphatic heterocycles. The maximum Gasteiger partial charge on any atom is 0.231 e. The average Bonchev–Trinajstić information content (AvgIpc) is 3.84. The van der Waals surface area contributed by atoms with Crippen LogP contribution in [0, 0.1) is 18.8 Å². The summed E-state index contributed by atoms with van der Waals surface area (Å²) < 4.78 is 45.1. The van der Waals surface area contributed by atoms with E-state index in [2.05, 4.69) is 12.1 Å². The number of aryl methyl sites for hydroxylation is 1. The van der Waals surface area contributed by atoms with Gasteiger partial charge in [-0.05, 0) is 62.6 Å². The predicted octanol–water partition coefficient (Wildman–Crippen LogP) is 6.54. The van der Waals surface area contributed by atoms with Crippen LogP contribution in [0.5, 0.6) is 34.5 Å². The molecule has 8 rings (SSSR count). The molecule has 0 radical (unpaired) electrons. The Labute approximate surface area is 266 Å². The van der Waals surface area contributed by atoms with E-state index in [-0.39, 0.29) is 42.4 Å². The largest absolute Gasteiger partial charge is 0.507 e. The van der Waals surface area contributed by atoms with Gasteiger partial charge >= 0.3 is 0 Å². The van der Waals surface area contributed by atoms with Gasteiger partial charge in [-0.25, -0.2) is 0 Å². The molecule has 4 aliphatic rings. The quantitative estimate of drug-likeness (QED) is 0.244. The SMILES string of the molecule is COc1cc(O)c2c(=O)cc(C)oc2c1CC=C(C)C.c1cc2c(cc1C1OCC3C(c4ccc5c(c4)OCO5)OCC13)OCO2. The number of ether oxygens (including phenoxy) is 7. The van der Waals surface area contributed by atoms with E-state index in [1.165, 1.54) is 19.2 Å². The molecule has 2 fully saturated rings. The number of rotatable bonds is 5. The monoisotopic (exact) mass is 628 g/mol. The van der Waals surface area contributed by atoms with Crippen LogP contribution < -0.4 is 29.1 Å². The lowest BCUT2D eigenvalue weighted by Gasteiger charge is -2.17. The van der Waals surface area contributed by atoms with E-state index in [0.717, 1.165) is 45.3 Å². The van der Waals surface area contributed by atoms with Gasteiger partial charge in [0.1, 0.15) is 28.2 Å². The molecule has 0 bridgehead atoms. The van der Waals surface area contributed by atoms with Gasteiger partial charge in [-0.3, -0.25) is 4.79 Å². The second kappa shape index (κ2) is 12.3. The van der Waals surface area contributed by atoms with Crippen LogP contribution in [-0.4, -0.2) is 39.0 Å². The molecule has 0 amide bonds. The highest BCUT2D eigenvalue weighted by Gasteiger charge is 2.48. The Kier molecular flexibility index (Phi) is 8.00. The van der Waals surface area contributed by atoms with Crippen molar-refractivity contribution in [3.63, 3.8) is 0 Å². The van der Waals surface area contributed by atoms with Crippen LogP contribution in [0.25, 0.3) is 11.0 Å². The van der Waals surface area contributed by atoms with Gasteiger partial charge < -0.3 is 42.7 Å². The molecule has 0 spiro atoms. The number of aromatic hydroxyl groups is 1. The zero-order valence-electron chi connectivity index (χ0n) is 26.2. The predicted molar refractivity (Wildman–Crippen MR) is 168 cm³/mol. The van der Waals surface area contributed by atoms with Crippen LogP contribution >= 0.6 is 0 Å². The van der Waals surface area contributed by atoms with Crippen LogP contribution in [0.15, 0.2) is 69.4 Å². The molecule has 10 nitrogen and oxygen atoms in total. The summed E-state index contributed by atoms with van der Waals surface area (Å²) in [5.74, 6) is 4.73. The number of hydrogen-bond acceptors (Lipinski definition) is 10. The van der Waals surface area contributed by atoms with Gasteiger partial charge in [0, 0.05) is 29.5 Å². The standard InChI is InChI=1S/C20H18O6.C16H18O4/c1-3-15-17(25-9-23-15)5-11(1)19-13-7-22-20(14(13)8-21-19)12-2-4-16-18(6-12)26-10-24-16;1-9(2)5-6-11-14(19-4)8-13(18)15-12(17)7-10(3)20-16(11)15/h1-6,13-14,19-20H,7-10H2;5,7-8,18H,6H2,1-4H3. The Balaban J connectivity index is 0.000000153.